The molecule has 2 aromatic rings. The fourth-order valence-corrected chi connectivity index (χ4v) is 16.3. The second-order valence-electron chi connectivity index (χ2n) is 13.1. The van der Waals surface area contributed by atoms with E-state index < -0.39 is 59.4 Å². The Balaban J connectivity index is 1.72. The molecule has 0 spiro atoms. The Morgan fingerprint density at radius 1 is 0.628 bits per heavy atom. The Morgan fingerprint density at radius 3 is 1.28 bits per heavy atom. The molecule has 2 heterocycles. The van der Waals surface area contributed by atoms with Crippen molar-refractivity contribution in [2.75, 3.05) is 9.80 Å². The van der Waals surface area contributed by atoms with E-state index in [-0.39, 0.29) is 43.8 Å². The topological polar surface area (TPSA) is 40.6 Å². The zero-order chi connectivity index (χ0) is 30.9. The van der Waals surface area contributed by atoms with Crippen molar-refractivity contribution in [3.8, 4) is 0 Å². The van der Waals surface area contributed by atoms with Gasteiger partial charge >= 0.3 is 254 Å². The molecule has 2 fully saturated rings. The van der Waals surface area contributed by atoms with Gasteiger partial charge < -0.3 is 0 Å². The van der Waals surface area contributed by atoms with E-state index in [1.54, 1.807) is 48.6 Å². The molecular formula is C34H34F4N2O2Ti. The van der Waals surface area contributed by atoms with Crippen LogP contribution in [0.2, 0.25) is 8.45 Å². The van der Waals surface area contributed by atoms with Crippen molar-refractivity contribution in [3.05, 3.63) is 96.1 Å². The number of rotatable bonds is 6. The van der Waals surface area contributed by atoms with Crippen LogP contribution >= 0.6 is 0 Å². The van der Waals surface area contributed by atoms with Crippen molar-refractivity contribution in [1.82, 2.24) is 0 Å². The SMILES string of the molecule is CC1(C)CCC(=O)N1c1ccc(F)[c]([Ti]([c]2c(F)ccc(N3C(=O)CCC3(C)C)c2F)([CH]2C=CC=C2)[CH]2C=CC=C2)c1F. The molecule has 2 saturated heterocycles. The second kappa shape index (κ2) is 10.4. The number of benzene rings is 2. The van der Waals surface area contributed by atoms with Crippen molar-refractivity contribution >= 4 is 30.9 Å². The van der Waals surface area contributed by atoms with Crippen LogP contribution in [0.3, 0.4) is 0 Å². The summed E-state index contributed by atoms with van der Waals surface area (Å²) in [6.07, 6.45) is 15.3. The molecule has 4 nitrogen and oxygen atoms in total. The standard InChI is InChI=1S/2C12H12F2NO.2C5H5.Ti/c2*1-12(2)6-5-11(16)15(12)10-4-3-8(13)7-9(10)14;2*1-2-4-5-3-1;/h2*3-4H,5-6H2,1-2H3;2*1-5H;. The van der Waals surface area contributed by atoms with Gasteiger partial charge in [-0.15, -0.1) is 0 Å². The molecule has 0 unspecified atom stereocenters. The first kappa shape index (κ1) is 29.8. The van der Waals surface area contributed by atoms with Crippen LogP contribution in [0.5, 0.6) is 0 Å². The molecule has 43 heavy (non-hydrogen) atoms. The predicted molar refractivity (Wildman–Crippen MR) is 158 cm³/mol. The first-order valence-corrected chi connectivity index (χ1v) is 18.0. The molecule has 9 heteroatoms. The van der Waals surface area contributed by atoms with Crippen LogP contribution in [0.4, 0.5) is 28.9 Å². The number of allylic oxidation sites excluding steroid dienone is 8. The predicted octanol–water partition coefficient (Wildman–Crippen LogP) is 6.99. The van der Waals surface area contributed by atoms with E-state index in [2.05, 4.69) is 0 Å². The Labute approximate surface area is 252 Å². The summed E-state index contributed by atoms with van der Waals surface area (Å²) in [6.45, 7) is 7.27. The number of amides is 2. The van der Waals surface area contributed by atoms with E-state index in [9.17, 15) is 9.59 Å². The summed E-state index contributed by atoms with van der Waals surface area (Å²) >= 11 is -5.08. The van der Waals surface area contributed by atoms with Crippen LogP contribution in [0, 0.1) is 23.3 Å². The molecule has 0 atom stereocenters. The Bertz CT molecular complexity index is 1510. The molecular weight excluding hydrogens is 592 g/mol. The third-order valence-electron chi connectivity index (χ3n) is 9.61. The number of hydrogen-bond donors (Lipinski definition) is 0. The number of nitrogens with zero attached hydrogens (tertiary/aromatic N) is 2. The average molecular weight is 627 g/mol. The first-order chi connectivity index (χ1) is 20.3. The third-order valence-corrected chi connectivity index (χ3v) is 18.1. The van der Waals surface area contributed by atoms with Gasteiger partial charge in [0.1, 0.15) is 0 Å². The summed E-state index contributed by atoms with van der Waals surface area (Å²) in [5, 5.41) is 0. The molecule has 0 saturated carbocycles. The van der Waals surface area contributed by atoms with E-state index in [0.717, 1.165) is 12.1 Å². The zero-order valence-corrected chi connectivity index (χ0v) is 26.2. The van der Waals surface area contributed by atoms with Gasteiger partial charge in [-0.1, -0.05) is 0 Å². The summed E-state index contributed by atoms with van der Waals surface area (Å²) in [5.41, 5.74) is -1.66. The number of hydrogen-bond acceptors (Lipinski definition) is 2. The van der Waals surface area contributed by atoms with Crippen LogP contribution in [0.1, 0.15) is 53.4 Å². The van der Waals surface area contributed by atoms with Gasteiger partial charge in [0.25, 0.3) is 0 Å². The minimum atomic E-state index is -5.08. The summed E-state index contributed by atoms with van der Waals surface area (Å²) < 4.78 is 65.3. The quantitative estimate of drug-likeness (QED) is 0.256. The Hall–Kier alpha value is -3.23. The van der Waals surface area contributed by atoms with Crippen LogP contribution in [0.15, 0.2) is 72.9 Å². The maximum absolute atomic E-state index is 17.2. The first-order valence-electron chi connectivity index (χ1n) is 14.7. The number of anilines is 2. The van der Waals surface area contributed by atoms with Crippen molar-refractivity contribution in [1.29, 1.82) is 0 Å². The van der Waals surface area contributed by atoms with E-state index in [1.807, 2.05) is 27.7 Å². The van der Waals surface area contributed by atoms with Gasteiger partial charge in [0, 0.05) is 0 Å². The second-order valence-corrected chi connectivity index (χ2v) is 19.4. The van der Waals surface area contributed by atoms with Gasteiger partial charge in [-0.05, 0) is 0 Å². The van der Waals surface area contributed by atoms with E-state index in [1.165, 1.54) is 21.9 Å². The summed E-state index contributed by atoms with van der Waals surface area (Å²) in [5.74, 6) is -4.34. The molecule has 224 valence electrons. The Kier molecular flexibility index (Phi) is 7.25. The molecule has 0 radical (unpaired) electrons. The van der Waals surface area contributed by atoms with Crippen molar-refractivity contribution in [2.45, 2.75) is 72.9 Å². The van der Waals surface area contributed by atoms with E-state index in [0.29, 0.717) is 12.8 Å². The van der Waals surface area contributed by atoms with Gasteiger partial charge in [-0.2, -0.15) is 0 Å². The van der Waals surface area contributed by atoms with Gasteiger partial charge in [0.15, 0.2) is 0 Å². The summed E-state index contributed by atoms with van der Waals surface area (Å²) in [4.78, 5) is 28.8. The van der Waals surface area contributed by atoms with Crippen LogP contribution < -0.4 is 17.5 Å². The molecule has 2 aliphatic heterocycles. The molecule has 2 amide bonds. The van der Waals surface area contributed by atoms with Crippen molar-refractivity contribution in [3.63, 3.8) is 0 Å². The molecule has 2 aliphatic carbocycles. The van der Waals surface area contributed by atoms with Gasteiger partial charge in [0.05, 0.1) is 0 Å². The normalized spacial score (nSPS) is 21.4. The summed E-state index contributed by atoms with van der Waals surface area (Å²) in [7, 11) is 0. The molecule has 2 aromatic carbocycles. The number of carbonyl (C=O) groups excluding carboxylic acids is 2. The summed E-state index contributed by atoms with van der Waals surface area (Å²) in [6, 6.07) is 4.74. The fourth-order valence-electron chi connectivity index (χ4n) is 7.54. The van der Waals surface area contributed by atoms with Gasteiger partial charge in [0.2, 0.25) is 0 Å². The van der Waals surface area contributed by atoms with Crippen LogP contribution in [0.25, 0.3) is 0 Å². The third kappa shape index (κ3) is 4.43. The molecule has 0 N–H and O–H groups in total. The van der Waals surface area contributed by atoms with Crippen molar-refractivity contribution in [2.24, 2.45) is 0 Å². The van der Waals surface area contributed by atoms with Crippen LogP contribution in [-0.2, 0) is 26.2 Å². The fraction of sp³-hybridized carbons (Fsp3) is 0.353. The molecule has 0 aromatic heterocycles. The molecule has 6 rings (SSSR count). The zero-order valence-electron chi connectivity index (χ0n) is 24.6. The Morgan fingerprint density at radius 2 is 0.977 bits per heavy atom. The van der Waals surface area contributed by atoms with Gasteiger partial charge in [-0.3, -0.25) is 0 Å². The number of carbonyl (C=O) groups is 2. The van der Waals surface area contributed by atoms with E-state index in [4.69, 9.17) is 0 Å². The maximum atomic E-state index is 17.2. The molecule has 0 bridgehead atoms. The minimum absolute atomic E-state index is 0.0939. The van der Waals surface area contributed by atoms with E-state index >= 15 is 17.6 Å². The molecule has 4 aliphatic rings. The van der Waals surface area contributed by atoms with Crippen molar-refractivity contribution < 1.29 is 43.7 Å². The van der Waals surface area contributed by atoms with Gasteiger partial charge in [-0.25, -0.2) is 0 Å². The number of halogens is 4. The average Bonchev–Trinajstić information content (AvgIpc) is 3.75. The monoisotopic (exact) mass is 626 g/mol. The van der Waals surface area contributed by atoms with Crippen LogP contribution in [-0.4, -0.2) is 22.9 Å².